The molecule has 2 aromatic heterocycles. The van der Waals surface area contributed by atoms with E-state index in [-0.39, 0.29) is 28.2 Å². The second-order valence-corrected chi connectivity index (χ2v) is 4.93. The molecule has 0 aliphatic rings. The summed E-state index contributed by atoms with van der Waals surface area (Å²) in [6.45, 7) is 1.78. The van der Waals surface area contributed by atoms with E-state index in [2.05, 4.69) is 15.0 Å². The van der Waals surface area contributed by atoms with Gasteiger partial charge in [-0.1, -0.05) is 18.2 Å². The molecule has 0 atom stereocenters. The Labute approximate surface area is 130 Å². The van der Waals surface area contributed by atoms with E-state index in [4.69, 9.17) is 0 Å². The average Bonchev–Trinajstić information content (AvgIpc) is 2.54. The van der Waals surface area contributed by atoms with Gasteiger partial charge < -0.3 is 0 Å². The van der Waals surface area contributed by atoms with Crippen molar-refractivity contribution in [2.45, 2.75) is 13.3 Å². The van der Waals surface area contributed by atoms with Crippen LogP contribution in [0.3, 0.4) is 0 Å². The molecule has 0 bridgehead atoms. The molecule has 0 spiro atoms. The summed E-state index contributed by atoms with van der Waals surface area (Å²) in [5, 5.41) is 0. The van der Waals surface area contributed by atoms with Gasteiger partial charge in [-0.2, -0.15) is 0 Å². The van der Waals surface area contributed by atoms with Crippen LogP contribution in [0.2, 0.25) is 0 Å². The van der Waals surface area contributed by atoms with Crippen molar-refractivity contribution < 1.29 is 13.2 Å². The molecule has 0 N–H and O–H groups in total. The summed E-state index contributed by atoms with van der Waals surface area (Å²) in [5.41, 5.74) is 0.659. The van der Waals surface area contributed by atoms with E-state index in [0.29, 0.717) is 5.69 Å². The van der Waals surface area contributed by atoms with Crippen LogP contribution in [0.15, 0.2) is 48.8 Å². The summed E-state index contributed by atoms with van der Waals surface area (Å²) in [7, 11) is 0. The molecule has 0 amide bonds. The second kappa shape index (κ2) is 6.16. The molecule has 3 rings (SSSR count). The van der Waals surface area contributed by atoms with Crippen LogP contribution in [0, 0.1) is 12.7 Å². The van der Waals surface area contributed by atoms with Crippen molar-refractivity contribution in [3.05, 3.63) is 65.9 Å². The Bertz CT molecular complexity index is 850. The lowest BCUT2D eigenvalue weighted by molar-refractivity contribution is 0.151. The highest BCUT2D eigenvalue weighted by Crippen LogP contribution is 2.36. The highest BCUT2D eigenvalue weighted by atomic mass is 19.3. The van der Waals surface area contributed by atoms with Gasteiger partial charge in [0.05, 0.1) is 0 Å². The first-order valence-electron chi connectivity index (χ1n) is 6.90. The van der Waals surface area contributed by atoms with E-state index in [1.807, 2.05) is 0 Å². The minimum absolute atomic E-state index is 0.171. The summed E-state index contributed by atoms with van der Waals surface area (Å²) in [6.07, 6.45) is 0.242. The molecular weight excluding hydrogens is 303 g/mol. The van der Waals surface area contributed by atoms with Crippen LogP contribution >= 0.6 is 0 Å². The van der Waals surface area contributed by atoms with Crippen molar-refractivity contribution in [1.82, 2.24) is 15.0 Å². The van der Waals surface area contributed by atoms with Crippen molar-refractivity contribution >= 4 is 0 Å². The summed E-state index contributed by atoms with van der Waals surface area (Å²) in [4.78, 5) is 12.5. The van der Waals surface area contributed by atoms with Crippen molar-refractivity contribution in [2.75, 3.05) is 0 Å². The summed E-state index contributed by atoms with van der Waals surface area (Å²) in [5.74, 6) is -0.464. The first kappa shape index (κ1) is 15.1. The van der Waals surface area contributed by atoms with Crippen LogP contribution < -0.4 is 0 Å². The molecule has 0 aliphatic carbocycles. The molecule has 0 saturated carbocycles. The van der Waals surface area contributed by atoms with Gasteiger partial charge in [0.15, 0.2) is 5.82 Å². The molecule has 6 heteroatoms. The zero-order valence-corrected chi connectivity index (χ0v) is 12.2. The van der Waals surface area contributed by atoms with Crippen molar-refractivity contribution in [3.8, 4) is 22.6 Å². The van der Waals surface area contributed by atoms with Gasteiger partial charge in [0.25, 0.3) is 6.43 Å². The fraction of sp³-hybridized carbons (Fsp3) is 0.118. The zero-order valence-electron chi connectivity index (χ0n) is 12.2. The van der Waals surface area contributed by atoms with E-state index in [1.54, 1.807) is 31.3 Å². The largest absolute Gasteiger partial charge is 0.264 e. The summed E-state index contributed by atoms with van der Waals surface area (Å²) in [6, 6.07) is 8.43. The van der Waals surface area contributed by atoms with Crippen LogP contribution in [-0.4, -0.2) is 15.0 Å². The van der Waals surface area contributed by atoms with E-state index < -0.39 is 12.2 Å². The van der Waals surface area contributed by atoms with Crippen LogP contribution in [0.25, 0.3) is 22.6 Å². The Morgan fingerprint density at radius 2 is 1.78 bits per heavy atom. The molecular formula is C17H12F3N3. The fourth-order valence-corrected chi connectivity index (χ4v) is 2.36. The van der Waals surface area contributed by atoms with Crippen LogP contribution in [0.5, 0.6) is 0 Å². The maximum absolute atomic E-state index is 14.3. The fourth-order valence-electron chi connectivity index (χ4n) is 2.36. The Balaban J connectivity index is 2.28. The highest BCUT2D eigenvalue weighted by molar-refractivity contribution is 5.80. The minimum atomic E-state index is -2.80. The molecule has 1 aromatic carbocycles. The van der Waals surface area contributed by atoms with Crippen molar-refractivity contribution in [2.24, 2.45) is 0 Å². The number of hydrogen-bond acceptors (Lipinski definition) is 3. The molecule has 2 heterocycles. The van der Waals surface area contributed by atoms with Crippen LogP contribution in [0.4, 0.5) is 13.2 Å². The van der Waals surface area contributed by atoms with Crippen LogP contribution in [0.1, 0.15) is 17.7 Å². The number of nitrogens with zero attached hydrogens (tertiary/aromatic N) is 3. The maximum atomic E-state index is 14.3. The third-order valence-electron chi connectivity index (χ3n) is 3.36. The van der Waals surface area contributed by atoms with Gasteiger partial charge in [-0.05, 0) is 25.1 Å². The topological polar surface area (TPSA) is 38.7 Å². The summed E-state index contributed by atoms with van der Waals surface area (Å²) < 4.78 is 40.8. The molecule has 3 nitrogen and oxygen atoms in total. The molecule has 0 fully saturated rings. The number of aromatic nitrogens is 3. The second-order valence-electron chi connectivity index (χ2n) is 4.93. The average molecular weight is 315 g/mol. The molecule has 23 heavy (non-hydrogen) atoms. The SMILES string of the molecule is Cc1ccnc(-c2ncccc2-c2c(F)cccc2C(F)F)n1. The standard InChI is InChI=1S/C17H12F3N3/c1-10-7-9-22-17(23-10)15-11(5-3-8-21-15)14-12(16(19)20)4-2-6-13(14)18/h2-9,16H,1H3. The monoisotopic (exact) mass is 315 g/mol. The zero-order chi connectivity index (χ0) is 16.4. The Morgan fingerprint density at radius 1 is 0.957 bits per heavy atom. The Kier molecular flexibility index (Phi) is 4.06. The van der Waals surface area contributed by atoms with Crippen molar-refractivity contribution in [3.63, 3.8) is 0 Å². The number of halogens is 3. The van der Waals surface area contributed by atoms with Gasteiger partial charge in [-0.15, -0.1) is 0 Å². The number of benzene rings is 1. The van der Waals surface area contributed by atoms with E-state index in [0.717, 1.165) is 6.07 Å². The quantitative estimate of drug-likeness (QED) is 0.709. The van der Waals surface area contributed by atoms with E-state index >= 15 is 0 Å². The van der Waals surface area contributed by atoms with Gasteiger partial charge in [0, 0.05) is 34.8 Å². The first-order chi connectivity index (χ1) is 11.1. The summed E-state index contributed by atoms with van der Waals surface area (Å²) >= 11 is 0. The van der Waals surface area contributed by atoms with Gasteiger partial charge in [0.1, 0.15) is 11.5 Å². The molecule has 116 valence electrons. The lowest BCUT2D eigenvalue weighted by Crippen LogP contribution is -2.00. The maximum Gasteiger partial charge on any atom is 0.264 e. The molecule has 0 aliphatic heterocycles. The van der Waals surface area contributed by atoms with Gasteiger partial charge >= 0.3 is 0 Å². The minimum Gasteiger partial charge on any atom is -0.252 e. The molecule has 0 saturated heterocycles. The van der Waals surface area contributed by atoms with E-state index in [9.17, 15) is 13.2 Å². The Hall–Kier alpha value is -2.76. The Morgan fingerprint density at radius 3 is 2.52 bits per heavy atom. The molecule has 0 unspecified atom stereocenters. The molecule has 3 aromatic rings. The van der Waals surface area contributed by atoms with Gasteiger partial charge in [-0.25, -0.2) is 23.1 Å². The van der Waals surface area contributed by atoms with Gasteiger partial charge in [-0.3, -0.25) is 4.98 Å². The predicted octanol–water partition coefficient (Wildman–Crippen LogP) is 4.59. The molecule has 0 radical (unpaired) electrons. The van der Waals surface area contributed by atoms with Crippen LogP contribution in [-0.2, 0) is 0 Å². The van der Waals surface area contributed by atoms with Gasteiger partial charge in [0.2, 0.25) is 0 Å². The third kappa shape index (κ3) is 2.92. The number of hydrogen-bond donors (Lipinski definition) is 0. The first-order valence-corrected chi connectivity index (χ1v) is 6.90. The lowest BCUT2D eigenvalue weighted by Gasteiger charge is -2.13. The third-order valence-corrected chi connectivity index (χ3v) is 3.36. The normalized spacial score (nSPS) is 11.0. The number of alkyl halides is 2. The van der Waals surface area contributed by atoms with E-state index in [1.165, 1.54) is 18.3 Å². The number of rotatable bonds is 3. The smallest absolute Gasteiger partial charge is 0.252 e. The number of pyridine rings is 1. The predicted molar refractivity (Wildman–Crippen MR) is 80.4 cm³/mol. The number of aryl methyl sites for hydroxylation is 1. The lowest BCUT2D eigenvalue weighted by atomic mass is 9.97. The van der Waals surface area contributed by atoms with Crippen molar-refractivity contribution in [1.29, 1.82) is 0 Å². The highest BCUT2D eigenvalue weighted by Gasteiger charge is 2.21.